The van der Waals surface area contributed by atoms with Crippen molar-refractivity contribution in [3.05, 3.63) is 39.5 Å². The first kappa shape index (κ1) is 14.3. The van der Waals surface area contributed by atoms with Gasteiger partial charge in [0.2, 0.25) is 0 Å². The third kappa shape index (κ3) is 3.45. The van der Waals surface area contributed by atoms with Crippen LogP contribution in [-0.4, -0.2) is 16.5 Å². The lowest BCUT2D eigenvalue weighted by molar-refractivity contribution is 0.998. The van der Waals surface area contributed by atoms with Crippen molar-refractivity contribution < 1.29 is 0 Å². The van der Waals surface area contributed by atoms with E-state index in [1.165, 1.54) is 0 Å². The number of benzene rings is 1. The summed E-state index contributed by atoms with van der Waals surface area (Å²) in [6.07, 6.45) is 0.873. The number of nitrogens with zero attached hydrogens (tertiary/aromatic N) is 2. The van der Waals surface area contributed by atoms with Crippen molar-refractivity contribution in [2.75, 3.05) is 11.9 Å². The molecule has 0 saturated carbocycles. The zero-order valence-electron chi connectivity index (χ0n) is 10.9. The van der Waals surface area contributed by atoms with E-state index >= 15 is 0 Å². The molecule has 0 aliphatic heterocycles. The van der Waals surface area contributed by atoms with Crippen molar-refractivity contribution in [1.29, 1.82) is 0 Å². The van der Waals surface area contributed by atoms with E-state index in [0.717, 1.165) is 34.5 Å². The second kappa shape index (κ2) is 6.35. The van der Waals surface area contributed by atoms with Gasteiger partial charge in [0.25, 0.3) is 0 Å². The Morgan fingerprint density at radius 3 is 2.63 bits per heavy atom. The SMILES string of the molecule is CCNc1cc(CC)nc(-c2ccc(Br)c(Cl)c2)n1. The second-order valence-electron chi connectivity index (χ2n) is 4.08. The molecule has 2 aromatic rings. The summed E-state index contributed by atoms with van der Waals surface area (Å²) in [5.74, 6) is 1.55. The van der Waals surface area contributed by atoms with Gasteiger partial charge in [-0.15, -0.1) is 0 Å². The molecular weight excluding hydrogens is 326 g/mol. The van der Waals surface area contributed by atoms with Gasteiger partial charge in [0.15, 0.2) is 5.82 Å². The van der Waals surface area contributed by atoms with Gasteiger partial charge in [0, 0.05) is 28.3 Å². The number of aromatic nitrogens is 2. The van der Waals surface area contributed by atoms with Crippen LogP contribution in [0.2, 0.25) is 5.02 Å². The van der Waals surface area contributed by atoms with Gasteiger partial charge in [-0.2, -0.15) is 0 Å². The van der Waals surface area contributed by atoms with Crippen LogP contribution in [0.4, 0.5) is 5.82 Å². The molecule has 0 unspecified atom stereocenters. The highest BCUT2D eigenvalue weighted by Gasteiger charge is 2.07. The standard InChI is InChI=1S/C14H15BrClN3/c1-3-10-8-13(17-4-2)19-14(18-10)9-5-6-11(15)12(16)7-9/h5-8H,3-4H2,1-2H3,(H,17,18,19). The van der Waals surface area contributed by atoms with E-state index in [2.05, 4.69) is 38.1 Å². The Morgan fingerprint density at radius 1 is 1.21 bits per heavy atom. The summed E-state index contributed by atoms with van der Waals surface area (Å²) < 4.78 is 0.872. The van der Waals surface area contributed by atoms with Gasteiger partial charge in [-0.25, -0.2) is 9.97 Å². The molecule has 5 heteroatoms. The maximum Gasteiger partial charge on any atom is 0.161 e. The minimum absolute atomic E-state index is 0.660. The quantitative estimate of drug-likeness (QED) is 0.887. The minimum Gasteiger partial charge on any atom is -0.370 e. The summed E-state index contributed by atoms with van der Waals surface area (Å²) in [6.45, 7) is 4.96. The summed E-state index contributed by atoms with van der Waals surface area (Å²) in [7, 11) is 0. The van der Waals surface area contributed by atoms with Gasteiger partial charge in [-0.1, -0.05) is 18.5 Å². The maximum atomic E-state index is 6.12. The third-order valence-corrected chi connectivity index (χ3v) is 3.91. The van der Waals surface area contributed by atoms with Crippen molar-refractivity contribution in [3.63, 3.8) is 0 Å². The Morgan fingerprint density at radius 2 is 2.00 bits per heavy atom. The predicted octanol–water partition coefficient (Wildman–Crippen LogP) is 4.55. The van der Waals surface area contributed by atoms with Crippen molar-refractivity contribution in [1.82, 2.24) is 9.97 Å². The molecule has 0 aliphatic rings. The molecule has 0 amide bonds. The van der Waals surface area contributed by atoms with E-state index in [0.29, 0.717) is 10.8 Å². The molecular formula is C14H15BrClN3. The topological polar surface area (TPSA) is 37.8 Å². The summed E-state index contributed by atoms with van der Waals surface area (Å²) in [5.41, 5.74) is 1.93. The first-order valence-electron chi connectivity index (χ1n) is 6.21. The molecule has 19 heavy (non-hydrogen) atoms. The fraction of sp³-hybridized carbons (Fsp3) is 0.286. The molecule has 0 radical (unpaired) electrons. The third-order valence-electron chi connectivity index (χ3n) is 2.68. The van der Waals surface area contributed by atoms with Crippen LogP contribution in [0, 0.1) is 0 Å². The van der Waals surface area contributed by atoms with Crippen LogP contribution in [0.15, 0.2) is 28.7 Å². The molecule has 1 heterocycles. The minimum atomic E-state index is 0.660. The van der Waals surface area contributed by atoms with E-state index in [-0.39, 0.29) is 0 Å². The summed E-state index contributed by atoms with van der Waals surface area (Å²) >= 11 is 9.50. The zero-order valence-corrected chi connectivity index (χ0v) is 13.2. The number of anilines is 1. The van der Waals surface area contributed by atoms with Crippen LogP contribution >= 0.6 is 27.5 Å². The first-order valence-corrected chi connectivity index (χ1v) is 7.38. The molecule has 1 aromatic heterocycles. The maximum absolute atomic E-state index is 6.12. The average Bonchev–Trinajstić information content (AvgIpc) is 2.42. The van der Waals surface area contributed by atoms with E-state index < -0.39 is 0 Å². The summed E-state index contributed by atoms with van der Waals surface area (Å²) in [5, 5.41) is 3.89. The smallest absolute Gasteiger partial charge is 0.161 e. The highest BCUT2D eigenvalue weighted by Crippen LogP contribution is 2.27. The van der Waals surface area contributed by atoms with Crippen molar-refractivity contribution >= 4 is 33.3 Å². The van der Waals surface area contributed by atoms with E-state index in [1.807, 2.05) is 31.2 Å². The molecule has 1 N–H and O–H groups in total. The molecule has 0 atom stereocenters. The largest absolute Gasteiger partial charge is 0.370 e. The van der Waals surface area contributed by atoms with Crippen LogP contribution in [0.3, 0.4) is 0 Å². The van der Waals surface area contributed by atoms with Gasteiger partial charge >= 0.3 is 0 Å². The lowest BCUT2D eigenvalue weighted by Gasteiger charge is -2.08. The number of nitrogens with one attached hydrogen (secondary N) is 1. The molecule has 2 rings (SSSR count). The Balaban J connectivity index is 2.47. The van der Waals surface area contributed by atoms with E-state index in [1.54, 1.807) is 0 Å². The number of aryl methyl sites for hydroxylation is 1. The van der Waals surface area contributed by atoms with Crippen LogP contribution in [-0.2, 0) is 6.42 Å². The van der Waals surface area contributed by atoms with E-state index in [9.17, 15) is 0 Å². The Kier molecular flexibility index (Phi) is 4.77. The van der Waals surface area contributed by atoms with Gasteiger partial charge in [0.1, 0.15) is 5.82 Å². The van der Waals surface area contributed by atoms with Gasteiger partial charge in [-0.05, 0) is 47.5 Å². The van der Waals surface area contributed by atoms with Gasteiger partial charge < -0.3 is 5.32 Å². The zero-order chi connectivity index (χ0) is 13.8. The molecule has 0 bridgehead atoms. The van der Waals surface area contributed by atoms with Crippen LogP contribution in [0.1, 0.15) is 19.5 Å². The fourth-order valence-electron chi connectivity index (χ4n) is 1.71. The van der Waals surface area contributed by atoms with Gasteiger partial charge in [0.05, 0.1) is 5.02 Å². The molecule has 1 aromatic carbocycles. The van der Waals surface area contributed by atoms with Crippen LogP contribution in [0.25, 0.3) is 11.4 Å². The van der Waals surface area contributed by atoms with Crippen molar-refractivity contribution in [2.24, 2.45) is 0 Å². The van der Waals surface area contributed by atoms with E-state index in [4.69, 9.17) is 11.6 Å². The van der Waals surface area contributed by atoms with Crippen LogP contribution in [0.5, 0.6) is 0 Å². The Bertz CT molecular complexity index is 587. The lowest BCUT2D eigenvalue weighted by atomic mass is 10.2. The normalized spacial score (nSPS) is 10.5. The highest BCUT2D eigenvalue weighted by atomic mass is 79.9. The second-order valence-corrected chi connectivity index (χ2v) is 5.34. The van der Waals surface area contributed by atoms with Crippen molar-refractivity contribution in [3.8, 4) is 11.4 Å². The number of hydrogen-bond acceptors (Lipinski definition) is 3. The predicted molar refractivity (Wildman–Crippen MR) is 83.7 cm³/mol. The lowest BCUT2D eigenvalue weighted by Crippen LogP contribution is -2.03. The molecule has 0 spiro atoms. The molecule has 100 valence electrons. The fourth-order valence-corrected chi connectivity index (χ4v) is 2.14. The first-order chi connectivity index (χ1) is 9.13. The Hall–Kier alpha value is -1.13. The number of hydrogen-bond donors (Lipinski definition) is 1. The van der Waals surface area contributed by atoms with Crippen molar-refractivity contribution in [2.45, 2.75) is 20.3 Å². The molecule has 0 saturated heterocycles. The summed E-state index contributed by atoms with van der Waals surface area (Å²) in [4.78, 5) is 9.07. The molecule has 0 fully saturated rings. The average molecular weight is 341 g/mol. The number of halogens is 2. The monoisotopic (exact) mass is 339 g/mol. The number of rotatable bonds is 4. The van der Waals surface area contributed by atoms with Crippen LogP contribution < -0.4 is 5.32 Å². The highest BCUT2D eigenvalue weighted by molar-refractivity contribution is 9.10. The summed E-state index contributed by atoms with van der Waals surface area (Å²) in [6, 6.07) is 7.72. The van der Waals surface area contributed by atoms with Gasteiger partial charge in [-0.3, -0.25) is 0 Å². The molecule has 0 aliphatic carbocycles. The Labute approximate surface area is 126 Å². The molecule has 3 nitrogen and oxygen atoms in total.